The molecule has 1 aliphatic rings. The maximum absolute atomic E-state index is 12.4. The molecule has 0 bridgehead atoms. The van der Waals surface area contributed by atoms with Crippen LogP contribution in [0.1, 0.15) is 26.7 Å². The lowest BCUT2D eigenvalue weighted by Crippen LogP contribution is -2.49. The van der Waals surface area contributed by atoms with Crippen LogP contribution < -0.4 is 0 Å². The number of rotatable bonds is 6. The number of carbonyl (C=O) groups is 3. The second kappa shape index (κ2) is 8.63. The third kappa shape index (κ3) is 5.81. The number of hydrogen-bond donors (Lipinski definition) is 1. The number of nitrogens with zero attached hydrogens (tertiary/aromatic N) is 1. The summed E-state index contributed by atoms with van der Waals surface area (Å²) in [6.07, 6.45) is 2.05. The van der Waals surface area contributed by atoms with Crippen LogP contribution in [0.4, 0.5) is 0 Å². The third-order valence-corrected chi connectivity index (χ3v) is 3.90. The fraction of sp³-hybridized carbons (Fsp3) is 0.588. The molecule has 24 heavy (non-hydrogen) atoms. The molecular formula is C17H25NO6. The molecular weight excluding hydrogens is 314 g/mol. The number of piperidine rings is 1. The van der Waals surface area contributed by atoms with Gasteiger partial charge in [0.25, 0.3) is 5.91 Å². The average molecular weight is 339 g/mol. The molecule has 7 nitrogen and oxygen atoms in total. The van der Waals surface area contributed by atoms with Gasteiger partial charge >= 0.3 is 11.9 Å². The van der Waals surface area contributed by atoms with E-state index in [0.717, 1.165) is 30.6 Å². The third-order valence-electron chi connectivity index (χ3n) is 3.90. The Hall–Kier alpha value is -2.15. The molecule has 0 aromatic heterocycles. The van der Waals surface area contributed by atoms with Gasteiger partial charge < -0.3 is 19.5 Å². The number of hydrogen-bond acceptors (Lipinski definition) is 6. The quantitative estimate of drug-likeness (QED) is 0.438. The molecule has 1 amide bonds. The summed E-state index contributed by atoms with van der Waals surface area (Å²) in [6, 6.07) is 0. The summed E-state index contributed by atoms with van der Waals surface area (Å²) in [7, 11) is 1.19. The van der Waals surface area contributed by atoms with Gasteiger partial charge in [-0.05, 0) is 12.8 Å². The molecule has 1 aliphatic heterocycles. The van der Waals surface area contributed by atoms with E-state index in [1.807, 2.05) is 0 Å². The zero-order chi connectivity index (χ0) is 18.3. The Kier molecular flexibility index (Phi) is 7.16. The Morgan fingerprint density at radius 2 is 1.79 bits per heavy atom. The largest absolute Gasteiger partial charge is 0.466 e. The van der Waals surface area contributed by atoms with E-state index in [-0.39, 0.29) is 12.5 Å². The first-order valence-electron chi connectivity index (χ1n) is 7.73. The molecule has 1 saturated heterocycles. The summed E-state index contributed by atoms with van der Waals surface area (Å²) in [4.78, 5) is 36.4. The van der Waals surface area contributed by atoms with Gasteiger partial charge in [-0.15, -0.1) is 0 Å². The van der Waals surface area contributed by atoms with E-state index in [9.17, 15) is 19.5 Å². The van der Waals surface area contributed by atoms with Crippen molar-refractivity contribution in [2.45, 2.75) is 32.8 Å². The molecule has 1 heterocycles. The second-order valence-corrected chi connectivity index (χ2v) is 6.43. The van der Waals surface area contributed by atoms with Gasteiger partial charge in [-0.3, -0.25) is 4.79 Å². The van der Waals surface area contributed by atoms with Crippen molar-refractivity contribution in [1.82, 2.24) is 4.90 Å². The zero-order valence-electron chi connectivity index (χ0n) is 14.4. The molecule has 0 saturated carbocycles. The highest BCUT2D eigenvalue weighted by atomic mass is 16.5. The lowest BCUT2D eigenvalue weighted by Gasteiger charge is -2.35. The van der Waals surface area contributed by atoms with Crippen molar-refractivity contribution in [2.24, 2.45) is 5.41 Å². The van der Waals surface area contributed by atoms with E-state index in [1.165, 1.54) is 7.11 Å². The number of ether oxygens (including phenoxy) is 2. The van der Waals surface area contributed by atoms with Crippen LogP contribution >= 0.6 is 0 Å². The first-order chi connectivity index (χ1) is 11.2. The fourth-order valence-corrected chi connectivity index (χ4v) is 2.14. The van der Waals surface area contributed by atoms with E-state index < -0.39 is 23.5 Å². The summed E-state index contributed by atoms with van der Waals surface area (Å²) in [5.74, 6) is -1.80. The van der Waals surface area contributed by atoms with Gasteiger partial charge in [0.05, 0.1) is 13.7 Å². The van der Waals surface area contributed by atoms with Crippen LogP contribution in [0.3, 0.4) is 0 Å². The van der Waals surface area contributed by atoms with E-state index in [0.29, 0.717) is 13.1 Å². The molecule has 1 N–H and O–H groups in total. The molecule has 0 radical (unpaired) electrons. The molecule has 0 aliphatic carbocycles. The average Bonchev–Trinajstić information content (AvgIpc) is 2.57. The number of carbonyl (C=O) groups excluding carboxylic acids is 3. The first kappa shape index (κ1) is 19.9. The van der Waals surface area contributed by atoms with E-state index in [1.54, 1.807) is 18.7 Å². The Bertz CT molecular complexity index is 527. The summed E-state index contributed by atoms with van der Waals surface area (Å²) >= 11 is 0. The zero-order valence-corrected chi connectivity index (χ0v) is 14.4. The smallest absolute Gasteiger partial charge is 0.331 e. The normalized spacial score (nSPS) is 16.8. The number of esters is 2. The highest BCUT2D eigenvalue weighted by Crippen LogP contribution is 2.25. The summed E-state index contributed by atoms with van der Waals surface area (Å²) in [6.45, 7) is 8.06. The van der Waals surface area contributed by atoms with Crippen LogP contribution in [0.15, 0.2) is 24.3 Å². The molecule has 0 aromatic rings. The van der Waals surface area contributed by atoms with Gasteiger partial charge in [-0.25, -0.2) is 9.59 Å². The van der Waals surface area contributed by atoms with Crippen molar-refractivity contribution in [3.63, 3.8) is 0 Å². The van der Waals surface area contributed by atoms with Gasteiger partial charge in [0.1, 0.15) is 6.10 Å². The summed E-state index contributed by atoms with van der Waals surface area (Å²) in [5, 5.41) is 10.3. The first-order valence-corrected chi connectivity index (χ1v) is 7.73. The Labute approximate surface area is 141 Å². The number of aliphatic hydroxyl groups excluding tert-OH is 1. The molecule has 134 valence electrons. The highest BCUT2D eigenvalue weighted by Gasteiger charge is 2.37. The maximum atomic E-state index is 12.4. The van der Waals surface area contributed by atoms with Crippen LogP contribution in [-0.4, -0.2) is 60.8 Å². The molecule has 1 atom stereocenters. The van der Waals surface area contributed by atoms with Gasteiger partial charge in [-0.2, -0.15) is 0 Å². The standard InChI is InChI=1S/C17H25NO6/c1-12-7-9-18(10-8-12)16(22)15(21)17(2,3)11-24-14(20)6-5-13(19)23-4/h5-6,15,21H,1,7-11H2,2-4H3/b6-5+/t15-/m0/s1. The van der Waals surface area contributed by atoms with E-state index >= 15 is 0 Å². The van der Waals surface area contributed by atoms with Crippen molar-refractivity contribution >= 4 is 17.8 Å². The molecule has 1 rings (SSSR count). The van der Waals surface area contributed by atoms with Gasteiger partial charge in [0, 0.05) is 30.7 Å². The number of aliphatic hydroxyl groups is 1. The minimum atomic E-state index is -1.29. The van der Waals surface area contributed by atoms with E-state index in [4.69, 9.17) is 4.74 Å². The molecule has 0 unspecified atom stereocenters. The fourth-order valence-electron chi connectivity index (χ4n) is 2.14. The summed E-state index contributed by atoms with van der Waals surface area (Å²) < 4.78 is 9.36. The predicted octanol–water partition coefficient (Wildman–Crippen LogP) is 0.825. The predicted molar refractivity (Wildman–Crippen MR) is 86.9 cm³/mol. The van der Waals surface area contributed by atoms with Crippen molar-refractivity contribution in [1.29, 1.82) is 0 Å². The molecule has 1 fully saturated rings. The number of methoxy groups -OCH3 is 1. The Balaban J connectivity index is 2.55. The van der Waals surface area contributed by atoms with Crippen molar-refractivity contribution < 1.29 is 29.0 Å². The van der Waals surface area contributed by atoms with Gasteiger partial charge in [0.2, 0.25) is 0 Å². The van der Waals surface area contributed by atoms with Crippen molar-refractivity contribution in [2.75, 3.05) is 26.8 Å². The maximum Gasteiger partial charge on any atom is 0.331 e. The highest BCUT2D eigenvalue weighted by molar-refractivity contribution is 5.91. The molecule has 7 heteroatoms. The molecule has 0 spiro atoms. The van der Waals surface area contributed by atoms with Crippen LogP contribution in [0.5, 0.6) is 0 Å². The van der Waals surface area contributed by atoms with Gasteiger partial charge in [-0.1, -0.05) is 26.0 Å². The van der Waals surface area contributed by atoms with Crippen molar-refractivity contribution in [3.05, 3.63) is 24.3 Å². The van der Waals surface area contributed by atoms with Crippen LogP contribution in [-0.2, 0) is 23.9 Å². The Morgan fingerprint density at radius 1 is 1.25 bits per heavy atom. The minimum absolute atomic E-state index is 0.162. The lowest BCUT2D eigenvalue weighted by molar-refractivity contribution is -0.155. The Morgan fingerprint density at radius 3 is 2.33 bits per heavy atom. The summed E-state index contributed by atoms with van der Waals surface area (Å²) in [5.41, 5.74) is 0.138. The topological polar surface area (TPSA) is 93.1 Å². The monoisotopic (exact) mass is 339 g/mol. The van der Waals surface area contributed by atoms with Crippen molar-refractivity contribution in [3.8, 4) is 0 Å². The van der Waals surface area contributed by atoms with Crippen LogP contribution in [0.2, 0.25) is 0 Å². The van der Waals surface area contributed by atoms with Crippen LogP contribution in [0, 0.1) is 5.41 Å². The minimum Gasteiger partial charge on any atom is -0.466 e. The lowest BCUT2D eigenvalue weighted by atomic mass is 9.86. The molecule has 0 aromatic carbocycles. The van der Waals surface area contributed by atoms with Gasteiger partial charge in [0.15, 0.2) is 0 Å². The van der Waals surface area contributed by atoms with Crippen LogP contribution in [0.25, 0.3) is 0 Å². The SMILES string of the molecule is C=C1CCN(C(=O)[C@H](O)C(C)(C)COC(=O)/C=C/C(=O)OC)CC1. The van der Waals surface area contributed by atoms with E-state index in [2.05, 4.69) is 11.3 Å². The second-order valence-electron chi connectivity index (χ2n) is 6.43. The number of amides is 1. The number of likely N-dealkylation sites (tertiary alicyclic amines) is 1.